The van der Waals surface area contributed by atoms with Crippen molar-refractivity contribution < 1.29 is 0 Å². The van der Waals surface area contributed by atoms with E-state index in [2.05, 4.69) is 35.5 Å². The van der Waals surface area contributed by atoms with Crippen LogP contribution >= 0.6 is 22.9 Å². The maximum atomic E-state index is 6.33. The normalized spacial score (nSPS) is 12.2. The molecule has 3 nitrogen and oxygen atoms in total. The van der Waals surface area contributed by atoms with Gasteiger partial charge in [-0.2, -0.15) is 0 Å². The number of halogens is 1. The third kappa shape index (κ3) is 2.09. The van der Waals surface area contributed by atoms with Crippen LogP contribution in [-0.4, -0.2) is 9.38 Å². The van der Waals surface area contributed by atoms with Crippen LogP contribution in [0.2, 0.25) is 5.02 Å². The van der Waals surface area contributed by atoms with E-state index in [-0.39, 0.29) is 5.41 Å². The zero-order valence-corrected chi connectivity index (χ0v) is 13.2. The number of rotatable bonds is 1. The van der Waals surface area contributed by atoms with Crippen LogP contribution in [0.4, 0.5) is 5.82 Å². The fourth-order valence-electron chi connectivity index (χ4n) is 2.22. The van der Waals surface area contributed by atoms with Crippen molar-refractivity contribution in [3.63, 3.8) is 0 Å². The summed E-state index contributed by atoms with van der Waals surface area (Å²) in [6, 6.07) is 7.60. The van der Waals surface area contributed by atoms with Crippen LogP contribution in [0.25, 0.3) is 16.2 Å². The fraction of sp³-hybridized carbons (Fsp3) is 0.267. The van der Waals surface area contributed by atoms with Crippen LogP contribution in [0, 0.1) is 0 Å². The summed E-state index contributed by atoms with van der Waals surface area (Å²) in [7, 11) is 0. The molecule has 0 spiro atoms. The van der Waals surface area contributed by atoms with Crippen molar-refractivity contribution in [3.05, 3.63) is 40.4 Å². The molecule has 0 aliphatic carbocycles. The summed E-state index contributed by atoms with van der Waals surface area (Å²) in [5, 5.41) is 2.84. The summed E-state index contributed by atoms with van der Waals surface area (Å²) in [5.74, 6) is 0.688. The van der Waals surface area contributed by atoms with Crippen LogP contribution in [0.1, 0.15) is 26.5 Å². The van der Waals surface area contributed by atoms with Crippen molar-refractivity contribution in [3.8, 4) is 11.3 Å². The molecule has 2 heterocycles. The summed E-state index contributed by atoms with van der Waals surface area (Å²) < 4.78 is 2.05. The summed E-state index contributed by atoms with van der Waals surface area (Å²) in [5.41, 5.74) is 9.35. The van der Waals surface area contributed by atoms with Gasteiger partial charge in [0.05, 0.1) is 0 Å². The van der Waals surface area contributed by atoms with E-state index in [9.17, 15) is 0 Å². The third-order valence-corrected chi connectivity index (χ3v) is 4.36. The first-order valence-corrected chi connectivity index (χ1v) is 7.65. The van der Waals surface area contributed by atoms with Gasteiger partial charge >= 0.3 is 0 Å². The Morgan fingerprint density at radius 1 is 1.20 bits per heavy atom. The van der Waals surface area contributed by atoms with E-state index in [4.69, 9.17) is 17.3 Å². The number of thiazole rings is 1. The Morgan fingerprint density at radius 3 is 2.45 bits per heavy atom. The lowest BCUT2D eigenvalue weighted by Gasteiger charge is -2.17. The lowest BCUT2D eigenvalue weighted by atomic mass is 9.93. The monoisotopic (exact) mass is 305 g/mol. The number of nitrogen functional groups attached to an aromatic ring is 1. The standard InChI is InChI=1S/C15H16ClN3S/c1-15(2,3)11-8-20-14-18-12(13(17)19(11)14)9-4-6-10(16)7-5-9/h4-8H,17H2,1-3H3. The van der Waals surface area contributed by atoms with E-state index in [0.717, 1.165) is 16.2 Å². The molecule has 0 atom stereocenters. The Kier molecular flexibility index (Phi) is 3.03. The van der Waals surface area contributed by atoms with Crippen molar-refractivity contribution in [1.29, 1.82) is 0 Å². The molecule has 2 N–H and O–H groups in total. The summed E-state index contributed by atoms with van der Waals surface area (Å²) >= 11 is 7.55. The van der Waals surface area contributed by atoms with Crippen molar-refractivity contribution in [2.45, 2.75) is 26.2 Å². The number of imidazole rings is 1. The minimum atomic E-state index is 0.0321. The molecule has 2 aromatic heterocycles. The van der Waals surface area contributed by atoms with E-state index < -0.39 is 0 Å². The van der Waals surface area contributed by atoms with Gasteiger partial charge in [0, 0.05) is 27.1 Å². The van der Waals surface area contributed by atoms with E-state index in [1.54, 1.807) is 11.3 Å². The topological polar surface area (TPSA) is 43.3 Å². The van der Waals surface area contributed by atoms with Crippen LogP contribution < -0.4 is 5.73 Å². The van der Waals surface area contributed by atoms with Gasteiger partial charge in [-0.1, -0.05) is 44.5 Å². The zero-order chi connectivity index (χ0) is 14.5. The van der Waals surface area contributed by atoms with Crippen molar-refractivity contribution in [2.75, 3.05) is 5.73 Å². The average molecular weight is 306 g/mol. The summed E-state index contributed by atoms with van der Waals surface area (Å²) in [6.45, 7) is 6.53. The van der Waals surface area contributed by atoms with Crippen molar-refractivity contribution >= 4 is 33.7 Å². The zero-order valence-electron chi connectivity index (χ0n) is 11.6. The highest BCUT2D eigenvalue weighted by molar-refractivity contribution is 7.15. The molecular formula is C15H16ClN3S. The summed E-state index contributed by atoms with van der Waals surface area (Å²) in [4.78, 5) is 5.59. The highest BCUT2D eigenvalue weighted by Gasteiger charge is 2.23. The van der Waals surface area contributed by atoms with E-state index in [1.165, 1.54) is 5.69 Å². The molecule has 5 heteroatoms. The Hall–Kier alpha value is -1.52. The first-order chi connectivity index (χ1) is 9.38. The molecule has 3 rings (SSSR count). The van der Waals surface area contributed by atoms with Gasteiger partial charge in [0.2, 0.25) is 0 Å². The van der Waals surface area contributed by atoms with Crippen molar-refractivity contribution in [2.24, 2.45) is 0 Å². The van der Waals surface area contributed by atoms with Gasteiger partial charge in [-0.25, -0.2) is 4.98 Å². The minimum absolute atomic E-state index is 0.0321. The highest BCUT2D eigenvalue weighted by Crippen LogP contribution is 2.34. The number of hydrogen-bond donors (Lipinski definition) is 1. The van der Waals surface area contributed by atoms with Gasteiger partial charge in [0.1, 0.15) is 11.5 Å². The maximum Gasteiger partial charge on any atom is 0.196 e. The van der Waals surface area contributed by atoms with E-state index in [0.29, 0.717) is 10.8 Å². The smallest absolute Gasteiger partial charge is 0.196 e. The van der Waals surface area contributed by atoms with Gasteiger partial charge in [0.25, 0.3) is 0 Å². The molecule has 0 bridgehead atoms. The molecule has 0 unspecified atom stereocenters. The number of nitrogens with two attached hydrogens (primary N) is 1. The average Bonchev–Trinajstić information content (AvgIpc) is 2.91. The van der Waals surface area contributed by atoms with Gasteiger partial charge in [-0.15, -0.1) is 11.3 Å². The quantitative estimate of drug-likeness (QED) is 0.714. The van der Waals surface area contributed by atoms with Gasteiger partial charge in [0.15, 0.2) is 4.96 Å². The first kappa shape index (κ1) is 13.5. The predicted molar refractivity (Wildman–Crippen MR) is 86.6 cm³/mol. The third-order valence-electron chi connectivity index (χ3n) is 3.29. The first-order valence-electron chi connectivity index (χ1n) is 6.40. The second-order valence-corrected chi connectivity index (χ2v) is 7.11. The molecule has 3 aromatic rings. The predicted octanol–water partition coefficient (Wildman–Crippen LogP) is 4.60. The van der Waals surface area contributed by atoms with Crippen molar-refractivity contribution in [1.82, 2.24) is 9.38 Å². The van der Waals surface area contributed by atoms with Crippen LogP contribution in [0.15, 0.2) is 29.6 Å². The van der Waals surface area contributed by atoms with Crippen LogP contribution in [-0.2, 0) is 5.41 Å². The molecule has 1 aromatic carbocycles. The molecular weight excluding hydrogens is 290 g/mol. The molecule has 20 heavy (non-hydrogen) atoms. The summed E-state index contributed by atoms with van der Waals surface area (Å²) in [6.07, 6.45) is 0. The second kappa shape index (κ2) is 4.50. The Morgan fingerprint density at radius 2 is 1.85 bits per heavy atom. The molecule has 0 saturated heterocycles. The lowest BCUT2D eigenvalue weighted by molar-refractivity contribution is 0.566. The Labute approximate surface area is 127 Å². The van der Waals surface area contributed by atoms with Gasteiger partial charge in [-0.3, -0.25) is 4.40 Å². The van der Waals surface area contributed by atoms with Gasteiger partial charge < -0.3 is 5.73 Å². The Balaban J connectivity index is 2.22. The maximum absolute atomic E-state index is 6.33. The van der Waals surface area contributed by atoms with E-state index in [1.807, 2.05) is 24.3 Å². The number of aromatic nitrogens is 2. The number of hydrogen-bond acceptors (Lipinski definition) is 3. The number of nitrogens with zero attached hydrogens (tertiary/aromatic N) is 2. The SMILES string of the molecule is CC(C)(C)c1csc2nc(-c3ccc(Cl)cc3)c(N)n12. The largest absolute Gasteiger partial charge is 0.383 e. The molecule has 0 fully saturated rings. The molecule has 0 radical (unpaired) electrons. The number of anilines is 1. The molecule has 104 valence electrons. The Bertz CT molecular complexity index is 763. The van der Waals surface area contributed by atoms with E-state index >= 15 is 0 Å². The fourth-order valence-corrected chi connectivity index (χ4v) is 3.47. The van der Waals surface area contributed by atoms with Gasteiger partial charge in [-0.05, 0) is 12.1 Å². The van der Waals surface area contributed by atoms with Crippen LogP contribution in [0.5, 0.6) is 0 Å². The molecule has 0 aliphatic rings. The minimum Gasteiger partial charge on any atom is -0.383 e. The molecule has 0 amide bonds. The highest BCUT2D eigenvalue weighted by atomic mass is 35.5. The molecule has 0 aliphatic heterocycles. The number of benzene rings is 1. The van der Waals surface area contributed by atoms with Crippen LogP contribution in [0.3, 0.4) is 0 Å². The number of fused-ring (bicyclic) bond motifs is 1. The second-order valence-electron chi connectivity index (χ2n) is 5.84. The molecule has 0 saturated carbocycles. The lowest BCUT2D eigenvalue weighted by Crippen LogP contribution is -2.14.